The van der Waals surface area contributed by atoms with Gasteiger partial charge in [-0.15, -0.1) is 5.10 Å². The second kappa shape index (κ2) is 8.15. The number of hydrogen-bond donors (Lipinski definition) is 1. The largest absolute Gasteiger partial charge is 0.453 e. The van der Waals surface area contributed by atoms with E-state index in [1.54, 1.807) is 18.3 Å². The van der Waals surface area contributed by atoms with Crippen LogP contribution in [0.15, 0.2) is 47.1 Å². The number of fused-ring (bicyclic) bond motifs is 1. The SMILES string of the molecule is N#Cc1cc(Cl)cc(Oc2c(Br)ccc(CCc3[nH]nc4nnccc34)c2F)c1. The fraction of sp³-hybridized carbons (Fsp3) is 0.100. The van der Waals surface area contributed by atoms with E-state index in [1.807, 2.05) is 12.1 Å². The molecule has 0 radical (unpaired) electrons. The maximum atomic E-state index is 15.1. The molecule has 144 valence electrons. The van der Waals surface area contributed by atoms with Gasteiger partial charge in [0.25, 0.3) is 0 Å². The molecule has 4 aromatic rings. The predicted molar refractivity (Wildman–Crippen MR) is 109 cm³/mol. The van der Waals surface area contributed by atoms with Gasteiger partial charge >= 0.3 is 0 Å². The molecule has 0 bridgehead atoms. The maximum Gasteiger partial charge on any atom is 0.202 e. The molecule has 2 heterocycles. The van der Waals surface area contributed by atoms with E-state index in [2.05, 4.69) is 36.3 Å². The Kier molecular flexibility index (Phi) is 5.43. The summed E-state index contributed by atoms with van der Waals surface area (Å²) in [5.41, 5.74) is 2.19. The Morgan fingerprint density at radius 2 is 2.07 bits per heavy atom. The van der Waals surface area contributed by atoms with Crippen LogP contribution in [0.25, 0.3) is 11.0 Å². The molecule has 0 spiro atoms. The van der Waals surface area contributed by atoms with Crippen molar-refractivity contribution in [2.45, 2.75) is 12.8 Å². The summed E-state index contributed by atoms with van der Waals surface area (Å²) >= 11 is 9.33. The number of nitrogens with one attached hydrogen (secondary N) is 1. The molecule has 9 heteroatoms. The third-order valence-corrected chi connectivity index (χ3v) is 5.16. The van der Waals surface area contributed by atoms with Crippen LogP contribution >= 0.6 is 27.5 Å². The van der Waals surface area contributed by atoms with Gasteiger partial charge < -0.3 is 4.74 Å². The third kappa shape index (κ3) is 4.06. The van der Waals surface area contributed by atoms with E-state index >= 15 is 4.39 Å². The second-order valence-corrected chi connectivity index (χ2v) is 7.50. The molecule has 0 aliphatic rings. The number of rotatable bonds is 5. The minimum absolute atomic E-state index is 0.0361. The van der Waals surface area contributed by atoms with Crippen molar-refractivity contribution in [2.24, 2.45) is 0 Å². The first-order valence-corrected chi connectivity index (χ1v) is 9.72. The number of H-pyrrole nitrogens is 1. The fourth-order valence-electron chi connectivity index (χ4n) is 2.94. The number of aromatic amines is 1. The number of nitrogens with zero attached hydrogens (tertiary/aromatic N) is 4. The predicted octanol–water partition coefficient (Wildman–Crippen LogP) is 5.36. The lowest BCUT2D eigenvalue weighted by Gasteiger charge is -2.12. The van der Waals surface area contributed by atoms with Crippen LogP contribution in [0.4, 0.5) is 4.39 Å². The zero-order chi connectivity index (χ0) is 20.4. The lowest BCUT2D eigenvalue weighted by Crippen LogP contribution is -1.99. The lowest BCUT2D eigenvalue weighted by atomic mass is 10.1. The fourth-order valence-corrected chi connectivity index (χ4v) is 3.55. The van der Waals surface area contributed by atoms with Crippen molar-refractivity contribution in [1.29, 1.82) is 5.26 Å². The van der Waals surface area contributed by atoms with Crippen molar-refractivity contribution in [1.82, 2.24) is 20.4 Å². The lowest BCUT2D eigenvalue weighted by molar-refractivity contribution is 0.435. The number of aromatic nitrogens is 4. The van der Waals surface area contributed by atoms with Crippen molar-refractivity contribution in [3.63, 3.8) is 0 Å². The van der Waals surface area contributed by atoms with Gasteiger partial charge in [0.05, 0.1) is 22.3 Å². The zero-order valence-electron chi connectivity index (χ0n) is 14.8. The molecule has 6 nitrogen and oxygen atoms in total. The van der Waals surface area contributed by atoms with Gasteiger partial charge in [0.2, 0.25) is 5.65 Å². The van der Waals surface area contributed by atoms with Gasteiger partial charge in [-0.2, -0.15) is 15.5 Å². The van der Waals surface area contributed by atoms with E-state index in [-0.39, 0.29) is 11.5 Å². The summed E-state index contributed by atoms with van der Waals surface area (Å²) in [6.45, 7) is 0. The van der Waals surface area contributed by atoms with Gasteiger partial charge in [-0.25, -0.2) is 4.39 Å². The number of halogens is 3. The Morgan fingerprint density at radius 1 is 1.21 bits per heavy atom. The van der Waals surface area contributed by atoms with Crippen molar-refractivity contribution in [2.75, 3.05) is 0 Å². The molecule has 0 amide bonds. The number of benzene rings is 2. The minimum atomic E-state index is -0.485. The van der Waals surface area contributed by atoms with Crippen molar-refractivity contribution < 1.29 is 9.13 Å². The van der Waals surface area contributed by atoms with Crippen LogP contribution in [0.2, 0.25) is 5.02 Å². The van der Waals surface area contributed by atoms with E-state index in [1.165, 1.54) is 18.2 Å². The number of hydrogen-bond acceptors (Lipinski definition) is 5. The Bertz CT molecular complexity index is 1250. The number of nitriles is 1. The van der Waals surface area contributed by atoms with Crippen LogP contribution in [-0.4, -0.2) is 20.4 Å². The molecule has 0 atom stereocenters. The first-order chi connectivity index (χ1) is 14.0. The second-order valence-electron chi connectivity index (χ2n) is 6.21. The quantitative estimate of drug-likeness (QED) is 0.423. The Balaban J connectivity index is 1.60. The summed E-state index contributed by atoms with van der Waals surface area (Å²) in [5, 5.41) is 25.0. The van der Waals surface area contributed by atoms with E-state index in [4.69, 9.17) is 21.6 Å². The molecule has 2 aromatic carbocycles. The Labute approximate surface area is 178 Å². The van der Waals surface area contributed by atoms with Crippen LogP contribution in [0, 0.1) is 17.1 Å². The van der Waals surface area contributed by atoms with E-state index < -0.39 is 5.82 Å². The molecule has 1 N–H and O–H groups in total. The molecule has 4 rings (SSSR count). The van der Waals surface area contributed by atoms with Gasteiger partial charge in [0.15, 0.2) is 11.6 Å². The monoisotopic (exact) mass is 471 g/mol. The van der Waals surface area contributed by atoms with Gasteiger partial charge in [-0.3, -0.25) is 5.10 Å². The van der Waals surface area contributed by atoms with E-state index in [0.29, 0.717) is 39.1 Å². The zero-order valence-corrected chi connectivity index (χ0v) is 17.1. The van der Waals surface area contributed by atoms with Gasteiger partial charge in [-0.1, -0.05) is 17.7 Å². The molecule has 0 saturated carbocycles. The summed E-state index contributed by atoms with van der Waals surface area (Å²) in [5.74, 6) is -0.167. The van der Waals surface area contributed by atoms with E-state index in [0.717, 1.165) is 11.1 Å². The average Bonchev–Trinajstić information content (AvgIpc) is 3.13. The number of ether oxygens (including phenoxy) is 1. The van der Waals surface area contributed by atoms with Crippen LogP contribution in [0.5, 0.6) is 11.5 Å². The Hall–Kier alpha value is -3.02. The highest BCUT2D eigenvalue weighted by Crippen LogP contribution is 2.36. The molecule has 0 fully saturated rings. The molecule has 0 aliphatic carbocycles. The maximum absolute atomic E-state index is 15.1. The molecule has 29 heavy (non-hydrogen) atoms. The topological polar surface area (TPSA) is 87.5 Å². The summed E-state index contributed by atoms with van der Waals surface area (Å²) in [6.07, 6.45) is 2.55. The molecule has 0 saturated heterocycles. The van der Waals surface area contributed by atoms with Crippen molar-refractivity contribution in [3.8, 4) is 17.6 Å². The van der Waals surface area contributed by atoms with Crippen LogP contribution < -0.4 is 4.74 Å². The van der Waals surface area contributed by atoms with Crippen LogP contribution in [0.3, 0.4) is 0 Å². The van der Waals surface area contributed by atoms with E-state index in [9.17, 15) is 0 Å². The molecular weight excluding hydrogens is 461 g/mol. The third-order valence-electron chi connectivity index (χ3n) is 4.32. The smallest absolute Gasteiger partial charge is 0.202 e. The highest BCUT2D eigenvalue weighted by atomic mass is 79.9. The summed E-state index contributed by atoms with van der Waals surface area (Å²) in [4.78, 5) is 0. The average molecular weight is 473 g/mol. The molecule has 0 unspecified atom stereocenters. The normalized spacial score (nSPS) is 10.8. The highest BCUT2D eigenvalue weighted by molar-refractivity contribution is 9.10. The van der Waals surface area contributed by atoms with Crippen molar-refractivity contribution in [3.05, 3.63) is 74.7 Å². The van der Waals surface area contributed by atoms with Crippen LogP contribution in [0.1, 0.15) is 16.8 Å². The highest BCUT2D eigenvalue weighted by Gasteiger charge is 2.16. The first kappa shape index (κ1) is 19.3. The number of aryl methyl sites for hydroxylation is 2. The van der Waals surface area contributed by atoms with Gasteiger partial charge in [0, 0.05) is 16.1 Å². The molecular formula is C20H12BrClFN5O. The standard InChI is InChI=1S/C20H12BrClFN5O/c21-16-3-1-12(2-4-17-15-5-6-25-27-20(15)28-26-17)18(23)19(16)29-14-8-11(10-24)7-13(22)9-14/h1,3,5-9H,2,4H2,(H,26,27,28). The summed E-state index contributed by atoms with van der Waals surface area (Å²) < 4.78 is 21.3. The Morgan fingerprint density at radius 3 is 2.90 bits per heavy atom. The van der Waals surface area contributed by atoms with Gasteiger partial charge in [-0.05, 0) is 64.7 Å². The summed E-state index contributed by atoms with van der Waals surface area (Å²) in [7, 11) is 0. The first-order valence-electron chi connectivity index (χ1n) is 8.55. The van der Waals surface area contributed by atoms with Gasteiger partial charge in [0.1, 0.15) is 5.75 Å². The molecule has 2 aromatic heterocycles. The van der Waals surface area contributed by atoms with Crippen LogP contribution in [-0.2, 0) is 12.8 Å². The summed E-state index contributed by atoms with van der Waals surface area (Å²) in [6, 6.07) is 11.8. The molecule has 0 aliphatic heterocycles. The minimum Gasteiger partial charge on any atom is -0.453 e. The van der Waals surface area contributed by atoms with Crippen molar-refractivity contribution >= 4 is 38.6 Å².